The Labute approximate surface area is 170 Å². The molecule has 0 saturated heterocycles. The smallest absolute Gasteiger partial charge is 0.234 e. The van der Waals surface area contributed by atoms with Crippen LogP contribution in [0.5, 0.6) is 0 Å². The summed E-state index contributed by atoms with van der Waals surface area (Å²) in [6.45, 7) is 6.97. The summed E-state index contributed by atoms with van der Waals surface area (Å²) in [5.74, 6) is 1.93. The van der Waals surface area contributed by atoms with E-state index < -0.39 is 0 Å². The zero-order valence-corrected chi connectivity index (χ0v) is 17.8. The monoisotopic (exact) mass is 448 g/mol. The van der Waals surface area contributed by atoms with E-state index in [1.807, 2.05) is 47.9 Å². The molecule has 142 valence electrons. The maximum absolute atomic E-state index is 12.3. The van der Waals surface area contributed by atoms with Crippen LogP contribution in [0.25, 0.3) is 11.6 Å². The number of nitrogens with one attached hydrogen (secondary N) is 1. The van der Waals surface area contributed by atoms with Crippen LogP contribution in [-0.2, 0) is 11.3 Å². The third kappa shape index (κ3) is 4.81. The number of benzene rings is 1. The van der Waals surface area contributed by atoms with Crippen LogP contribution in [0.15, 0.2) is 50.6 Å². The van der Waals surface area contributed by atoms with Crippen molar-refractivity contribution in [3.63, 3.8) is 0 Å². The van der Waals surface area contributed by atoms with Gasteiger partial charge in [0.05, 0.1) is 5.75 Å². The molecule has 0 radical (unpaired) electrons. The Bertz CT molecular complexity index is 918. The van der Waals surface area contributed by atoms with E-state index >= 15 is 0 Å². The highest BCUT2D eigenvalue weighted by atomic mass is 79.9. The van der Waals surface area contributed by atoms with Crippen LogP contribution in [0.4, 0.5) is 5.69 Å². The van der Waals surface area contributed by atoms with Gasteiger partial charge in [-0.1, -0.05) is 37.7 Å². The molecular formula is C19H21BrN4O2S. The van der Waals surface area contributed by atoms with Crippen LogP contribution in [0.2, 0.25) is 0 Å². The van der Waals surface area contributed by atoms with Crippen LogP contribution >= 0.6 is 27.7 Å². The second-order valence-corrected chi connectivity index (χ2v) is 7.99. The number of furan rings is 1. The van der Waals surface area contributed by atoms with Gasteiger partial charge in [0.25, 0.3) is 0 Å². The molecule has 0 saturated carbocycles. The lowest BCUT2D eigenvalue weighted by atomic mass is 10.0. The predicted molar refractivity (Wildman–Crippen MR) is 111 cm³/mol. The highest BCUT2D eigenvalue weighted by Gasteiger charge is 2.17. The highest BCUT2D eigenvalue weighted by molar-refractivity contribution is 9.10. The number of nitrogens with zero attached hydrogens (tertiary/aromatic N) is 3. The van der Waals surface area contributed by atoms with E-state index in [1.165, 1.54) is 17.3 Å². The highest BCUT2D eigenvalue weighted by Crippen LogP contribution is 2.27. The van der Waals surface area contributed by atoms with Gasteiger partial charge in [0.2, 0.25) is 11.7 Å². The number of carbonyl (C=O) groups excluding carboxylic acids is 1. The van der Waals surface area contributed by atoms with Crippen LogP contribution in [0.3, 0.4) is 0 Å². The molecule has 8 heteroatoms. The molecule has 0 aliphatic heterocycles. The van der Waals surface area contributed by atoms with Gasteiger partial charge in [0, 0.05) is 12.2 Å². The summed E-state index contributed by atoms with van der Waals surface area (Å²) in [6.07, 6.45) is 0. The first-order valence-electron chi connectivity index (χ1n) is 8.69. The first-order chi connectivity index (χ1) is 13.0. The first-order valence-corrected chi connectivity index (χ1v) is 10.5. The van der Waals surface area contributed by atoms with Crippen LogP contribution in [0.1, 0.15) is 32.3 Å². The van der Waals surface area contributed by atoms with Crippen molar-refractivity contribution in [2.24, 2.45) is 0 Å². The fourth-order valence-electron chi connectivity index (χ4n) is 2.58. The Morgan fingerprint density at radius 2 is 1.96 bits per heavy atom. The van der Waals surface area contributed by atoms with Crippen LogP contribution in [0, 0.1) is 0 Å². The maximum Gasteiger partial charge on any atom is 0.234 e. The van der Waals surface area contributed by atoms with Gasteiger partial charge in [0.1, 0.15) is 0 Å². The minimum absolute atomic E-state index is 0.0785. The van der Waals surface area contributed by atoms with Crippen molar-refractivity contribution in [1.29, 1.82) is 0 Å². The van der Waals surface area contributed by atoms with Crippen molar-refractivity contribution in [1.82, 2.24) is 14.8 Å². The molecule has 1 N–H and O–H groups in total. The number of rotatable bonds is 7. The Kier molecular flexibility index (Phi) is 6.38. The fourth-order valence-corrected chi connectivity index (χ4v) is 3.68. The van der Waals surface area contributed by atoms with Gasteiger partial charge in [0.15, 0.2) is 15.6 Å². The number of carbonyl (C=O) groups is 1. The maximum atomic E-state index is 12.3. The van der Waals surface area contributed by atoms with Gasteiger partial charge in [-0.15, -0.1) is 10.2 Å². The quantitative estimate of drug-likeness (QED) is 0.504. The second kappa shape index (κ2) is 8.75. The summed E-state index contributed by atoms with van der Waals surface area (Å²) < 4.78 is 8.13. The number of anilines is 1. The topological polar surface area (TPSA) is 73.0 Å². The largest absolute Gasteiger partial charge is 0.446 e. The molecule has 3 rings (SSSR count). The SMILES string of the molecule is CCn1c(SCC(=O)Nc2ccc(C(C)C)cc2)nnc1-c1ccc(Br)o1. The predicted octanol–water partition coefficient (Wildman–Crippen LogP) is 5.17. The van der Waals surface area contributed by atoms with E-state index in [2.05, 4.69) is 45.3 Å². The molecule has 2 aromatic heterocycles. The zero-order valence-electron chi connectivity index (χ0n) is 15.4. The Hall–Kier alpha value is -2.06. The molecule has 6 nitrogen and oxygen atoms in total. The second-order valence-electron chi connectivity index (χ2n) is 6.27. The summed E-state index contributed by atoms with van der Waals surface area (Å²) in [4.78, 5) is 12.3. The van der Waals surface area contributed by atoms with Crippen molar-refractivity contribution >= 4 is 39.3 Å². The van der Waals surface area contributed by atoms with Gasteiger partial charge in [-0.25, -0.2) is 0 Å². The summed E-state index contributed by atoms with van der Waals surface area (Å²) in [7, 11) is 0. The average Bonchev–Trinajstić information content (AvgIpc) is 3.25. The number of hydrogen-bond donors (Lipinski definition) is 1. The first kappa shape index (κ1) is 19.7. The molecule has 27 heavy (non-hydrogen) atoms. The Morgan fingerprint density at radius 3 is 2.56 bits per heavy atom. The summed E-state index contributed by atoms with van der Waals surface area (Å²) in [5.41, 5.74) is 2.04. The fraction of sp³-hybridized carbons (Fsp3) is 0.316. The van der Waals surface area contributed by atoms with Crippen molar-refractivity contribution in [3.05, 3.63) is 46.6 Å². The van der Waals surface area contributed by atoms with Crippen LogP contribution in [-0.4, -0.2) is 26.4 Å². The van der Waals surface area contributed by atoms with Gasteiger partial charge in [-0.3, -0.25) is 9.36 Å². The lowest BCUT2D eigenvalue weighted by molar-refractivity contribution is -0.113. The van der Waals surface area contributed by atoms with E-state index in [1.54, 1.807) is 0 Å². The van der Waals surface area contributed by atoms with Gasteiger partial charge in [-0.05, 0) is 58.6 Å². The summed E-state index contributed by atoms with van der Waals surface area (Å²) >= 11 is 4.65. The van der Waals surface area contributed by atoms with Gasteiger partial charge in [-0.2, -0.15) is 0 Å². The number of halogens is 1. The molecule has 0 fully saturated rings. The normalized spacial score (nSPS) is 11.1. The minimum Gasteiger partial charge on any atom is -0.446 e. The summed E-state index contributed by atoms with van der Waals surface area (Å²) in [6, 6.07) is 11.6. The van der Waals surface area contributed by atoms with E-state index in [-0.39, 0.29) is 11.7 Å². The van der Waals surface area contributed by atoms with Crippen molar-refractivity contribution in [2.45, 2.75) is 38.4 Å². The van der Waals surface area contributed by atoms with Gasteiger partial charge < -0.3 is 9.73 Å². The third-order valence-electron chi connectivity index (χ3n) is 4.02. The van der Waals surface area contributed by atoms with Crippen molar-refractivity contribution in [2.75, 3.05) is 11.1 Å². The van der Waals surface area contributed by atoms with E-state index in [9.17, 15) is 4.79 Å². The van der Waals surface area contributed by atoms with Crippen LogP contribution < -0.4 is 5.32 Å². The zero-order chi connectivity index (χ0) is 19.4. The van der Waals surface area contributed by atoms with Crippen molar-refractivity contribution < 1.29 is 9.21 Å². The number of aromatic nitrogens is 3. The number of thioether (sulfide) groups is 1. The average molecular weight is 449 g/mol. The molecule has 0 unspecified atom stereocenters. The molecular weight excluding hydrogens is 428 g/mol. The van der Waals surface area contributed by atoms with Crippen molar-refractivity contribution in [3.8, 4) is 11.6 Å². The molecule has 1 aromatic carbocycles. The Balaban J connectivity index is 1.62. The Morgan fingerprint density at radius 1 is 1.22 bits per heavy atom. The lowest BCUT2D eigenvalue weighted by Gasteiger charge is -2.09. The molecule has 0 spiro atoms. The van der Waals surface area contributed by atoms with E-state index in [0.717, 1.165) is 5.69 Å². The molecule has 0 aliphatic carbocycles. The lowest BCUT2D eigenvalue weighted by Crippen LogP contribution is -2.14. The number of hydrogen-bond acceptors (Lipinski definition) is 5. The summed E-state index contributed by atoms with van der Waals surface area (Å²) in [5, 5.41) is 12.0. The standard InChI is InChI=1S/C19H21BrN4O2S/c1-4-24-18(15-9-10-16(20)26-15)22-23-19(24)27-11-17(25)21-14-7-5-13(6-8-14)12(2)3/h5-10,12H,4,11H2,1-3H3,(H,21,25). The van der Waals surface area contributed by atoms with E-state index in [4.69, 9.17) is 4.42 Å². The molecule has 0 bridgehead atoms. The van der Waals surface area contributed by atoms with E-state index in [0.29, 0.717) is 33.9 Å². The molecule has 2 heterocycles. The molecule has 3 aromatic rings. The third-order valence-corrected chi connectivity index (χ3v) is 5.41. The number of amides is 1. The minimum atomic E-state index is -0.0785. The molecule has 0 aliphatic rings. The molecule has 0 atom stereocenters. The van der Waals surface area contributed by atoms with Gasteiger partial charge >= 0.3 is 0 Å². The molecule has 1 amide bonds.